The van der Waals surface area contributed by atoms with Gasteiger partial charge in [-0.1, -0.05) is 25.4 Å². The zero-order valence-electron chi connectivity index (χ0n) is 12.3. The molecular weight excluding hydrogens is 296 g/mol. The number of pyridine rings is 1. The second kappa shape index (κ2) is 7.95. The van der Waals surface area contributed by atoms with E-state index in [1.165, 1.54) is 18.1 Å². The molecule has 0 aliphatic heterocycles. The number of hydrogen-bond donors (Lipinski definition) is 1. The van der Waals surface area contributed by atoms with E-state index in [9.17, 15) is 9.59 Å². The first-order valence-corrected chi connectivity index (χ1v) is 6.90. The van der Waals surface area contributed by atoms with Crippen molar-refractivity contribution in [1.82, 2.24) is 9.88 Å². The first kappa shape index (κ1) is 17.4. The molecule has 1 aromatic rings. The summed E-state index contributed by atoms with van der Waals surface area (Å²) >= 11 is 5.93. The number of rotatable bonds is 7. The van der Waals surface area contributed by atoms with Crippen molar-refractivity contribution in [2.75, 3.05) is 26.8 Å². The molecule has 0 bridgehead atoms. The number of carboxylic acid groups (broad SMARTS) is 1. The van der Waals surface area contributed by atoms with Gasteiger partial charge in [-0.15, -0.1) is 0 Å². The molecule has 21 heavy (non-hydrogen) atoms. The Bertz CT molecular complexity index is 520. The van der Waals surface area contributed by atoms with E-state index in [0.29, 0.717) is 11.3 Å². The lowest BCUT2D eigenvalue weighted by atomic mass is 10.1. The van der Waals surface area contributed by atoms with E-state index in [4.69, 9.17) is 21.4 Å². The average molecular weight is 315 g/mol. The fraction of sp³-hybridized carbons (Fsp3) is 0.500. The lowest BCUT2D eigenvalue weighted by molar-refractivity contribution is -0.137. The van der Waals surface area contributed by atoms with Gasteiger partial charge in [0.1, 0.15) is 11.7 Å². The highest BCUT2D eigenvalue weighted by molar-refractivity contribution is 6.29. The number of hydrogen-bond acceptors (Lipinski definition) is 4. The zero-order valence-corrected chi connectivity index (χ0v) is 13.1. The first-order valence-electron chi connectivity index (χ1n) is 6.52. The molecular formula is C14H19ClN2O4. The van der Waals surface area contributed by atoms with Crippen LogP contribution in [0.4, 0.5) is 0 Å². The normalized spacial score (nSPS) is 10.7. The fourth-order valence-corrected chi connectivity index (χ4v) is 1.95. The predicted octanol–water partition coefficient (Wildman–Crippen LogP) is 2.03. The summed E-state index contributed by atoms with van der Waals surface area (Å²) < 4.78 is 4.90. The Morgan fingerprint density at radius 3 is 2.62 bits per heavy atom. The summed E-state index contributed by atoms with van der Waals surface area (Å²) in [5.74, 6) is -1.37. The number of halogens is 1. The van der Waals surface area contributed by atoms with Gasteiger partial charge in [-0.3, -0.25) is 9.59 Å². The maximum Gasteiger partial charge on any atom is 0.323 e. The molecule has 1 amide bonds. The van der Waals surface area contributed by atoms with Crippen LogP contribution in [-0.4, -0.2) is 53.7 Å². The summed E-state index contributed by atoms with van der Waals surface area (Å²) in [7, 11) is 1.49. The van der Waals surface area contributed by atoms with Gasteiger partial charge in [-0.25, -0.2) is 4.98 Å². The molecule has 1 heterocycles. The van der Waals surface area contributed by atoms with E-state index < -0.39 is 11.9 Å². The van der Waals surface area contributed by atoms with Crippen LogP contribution in [0.1, 0.15) is 35.8 Å². The highest BCUT2D eigenvalue weighted by atomic mass is 35.5. The topological polar surface area (TPSA) is 79.7 Å². The number of aromatic nitrogens is 1. The van der Waals surface area contributed by atoms with Crippen molar-refractivity contribution in [1.29, 1.82) is 0 Å². The van der Waals surface area contributed by atoms with E-state index in [2.05, 4.69) is 4.98 Å². The largest absolute Gasteiger partial charge is 0.480 e. The van der Waals surface area contributed by atoms with Gasteiger partial charge in [-0.2, -0.15) is 0 Å². The van der Waals surface area contributed by atoms with Crippen LogP contribution in [0.25, 0.3) is 0 Å². The molecule has 6 nitrogen and oxygen atoms in total. The molecule has 1 N–H and O–H groups in total. The maximum absolute atomic E-state index is 12.4. The first-order chi connectivity index (χ1) is 9.85. The predicted molar refractivity (Wildman–Crippen MR) is 78.8 cm³/mol. The quantitative estimate of drug-likeness (QED) is 0.779. The van der Waals surface area contributed by atoms with Gasteiger partial charge in [0.2, 0.25) is 0 Å². The van der Waals surface area contributed by atoms with E-state index in [1.807, 2.05) is 13.8 Å². The van der Waals surface area contributed by atoms with Crippen LogP contribution in [0.5, 0.6) is 0 Å². The molecule has 1 aromatic heterocycles. The number of nitrogens with zero attached hydrogens (tertiary/aromatic N) is 2. The molecule has 0 atom stereocenters. The minimum Gasteiger partial charge on any atom is -0.480 e. The van der Waals surface area contributed by atoms with Crippen molar-refractivity contribution in [2.24, 2.45) is 0 Å². The number of carboxylic acids is 1. The number of carbonyl (C=O) groups excluding carboxylic acids is 1. The number of ether oxygens (including phenoxy) is 1. The highest BCUT2D eigenvalue weighted by Crippen LogP contribution is 2.19. The van der Waals surface area contributed by atoms with Crippen LogP contribution in [-0.2, 0) is 9.53 Å². The summed E-state index contributed by atoms with van der Waals surface area (Å²) in [4.78, 5) is 28.7. The van der Waals surface area contributed by atoms with Gasteiger partial charge in [0.25, 0.3) is 5.91 Å². The maximum atomic E-state index is 12.4. The summed E-state index contributed by atoms with van der Waals surface area (Å²) in [6, 6.07) is 3.08. The molecule has 1 rings (SSSR count). The molecule has 0 fully saturated rings. The molecule has 0 aliphatic rings. The number of amides is 1. The number of aliphatic carboxylic acids is 1. The van der Waals surface area contributed by atoms with Crippen molar-refractivity contribution in [2.45, 2.75) is 19.8 Å². The van der Waals surface area contributed by atoms with Gasteiger partial charge < -0.3 is 14.7 Å². The second-order valence-corrected chi connectivity index (χ2v) is 5.26. The molecule has 0 aromatic carbocycles. The molecule has 0 aliphatic carbocycles. The Morgan fingerprint density at radius 2 is 2.10 bits per heavy atom. The smallest absolute Gasteiger partial charge is 0.323 e. The average Bonchev–Trinajstić information content (AvgIpc) is 2.41. The summed E-state index contributed by atoms with van der Waals surface area (Å²) in [6.07, 6.45) is 0. The van der Waals surface area contributed by atoms with E-state index in [-0.39, 0.29) is 30.8 Å². The molecule has 0 spiro atoms. The summed E-state index contributed by atoms with van der Waals surface area (Å²) in [5, 5.41) is 9.12. The highest BCUT2D eigenvalue weighted by Gasteiger charge is 2.20. The zero-order chi connectivity index (χ0) is 16.0. The van der Waals surface area contributed by atoms with Crippen molar-refractivity contribution < 1.29 is 19.4 Å². The van der Waals surface area contributed by atoms with E-state index >= 15 is 0 Å². The third-order valence-electron chi connectivity index (χ3n) is 2.83. The van der Waals surface area contributed by atoms with Gasteiger partial charge in [0.05, 0.1) is 6.61 Å². The molecule has 0 radical (unpaired) electrons. The van der Waals surface area contributed by atoms with Crippen molar-refractivity contribution >= 4 is 23.5 Å². The third kappa shape index (κ3) is 5.32. The lowest BCUT2D eigenvalue weighted by Gasteiger charge is -2.21. The standard InChI is InChI=1S/C14H19ClN2O4/c1-9(2)11-6-10(7-12(15)16-11)14(20)17(4-5-21-3)8-13(18)19/h6-7,9H,4-5,8H2,1-3H3,(H,18,19). The fourth-order valence-electron chi connectivity index (χ4n) is 1.74. The Labute approximate surface area is 128 Å². The van der Waals surface area contributed by atoms with Crippen LogP contribution < -0.4 is 0 Å². The Morgan fingerprint density at radius 1 is 1.43 bits per heavy atom. The van der Waals surface area contributed by atoms with Crippen molar-refractivity contribution in [3.8, 4) is 0 Å². The monoisotopic (exact) mass is 314 g/mol. The Kier molecular flexibility index (Phi) is 6.58. The minimum atomic E-state index is -1.08. The SMILES string of the molecule is COCCN(CC(=O)O)C(=O)c1cc(Cl)nc(C(C)C)c1. The van der Waals surface area contributed by atoms with Crippen molar-refractivity contribution in [3.05, 3.63) is 28.5 Å². The van der Waals surface area contributed by atoms with Crippen molar-refractivity contribution in [3.63, 3.8) is 0 Å². The van der Waals surface area contributed by atoms with Crippen LogP contribution in [0.3, 0.4) is 0 Å². The molecule has 0 saturated heterocycles. The summed E-state index contributed by atoms with van der Waals surface area (Å²) in [5.41, 5.74) is 1.02. The molecule has 7 heteroatoms. The van der Waals surface area contributed by atoms with E-state index in [0.717, 1.165) is 0 Å². The minimum absolute atomic E-state index is 0.113. The van der Waals surface area contributed by atoms with Gasteiger partial charge >= 0.3 is 5.97 Å². The van der Waals surface area contributed by atoms with Gasteiger partial charge in [0.15, 0.2) is 0 Å². The molecule has 116 valence electrons. The van der Waals surface area contributed by atoms with Crippen LogP contribution in [0, 0.1) is 0 Å². The van der Waals surface area contributed by atoms with Gasteiger partial charge in [0, 0.05) is 24.9 Å². The Balaban J connectivity index is 3.04. The molecule has 0 saturated carbocycles. The number of methoxy groups -OCH3 is 1. The number of carbonyl (C=O) groups is 2. The lowest BCUT2D eigenvalue weighted by Crippen LogP contribution is -2.38. The second-order valence-electron chi connectivity index (χ2n) is 4.87. The molecule has 0 unspecified atom stereocenters. The Hall–Kier alpha value is -1.66. The van der Waals surface area contributed by atoms with Crippen LogP contribution >= 0.6 is 11.6 Å². The third-order valence-corrected chi connectivity index (χ3v) is 3.02. The van der Waals surface area contributed by atoms with Crippen LogP contribution in [0.15, 0.2) is 12.1 Å². The van der Waals surface area contributed by atoms with E-state index in [1.54, 1.807) is 6.07 Å². The van der Waals surface area contributed by atoms with Gasteiger partial charge in [-0.05, 0) is 18.1 Å². The van der Waals surface area contributed by atoms with Crippen LogP contribution in [0.2, 0.25) is 5.15 Å². The summed E-state index contributed by atoms with van der Waals surface area (Å²) in [6.45, 7) is 3.94.